The lowest BCUT2D eigenvalue weighted by Crippen LogP contribution is -2.59. The van der Waals surface area contributed by atoms with Gasteiger partial charge in [0.05, 0.1) is 12.6 Å². The summed E-state index contributed by atoms with van der Waals surface area (Å²) in [5, 5.41) is 14.2. The molecule has 1 unspecified atom stereocenters. The maximum absolute atomic E-state index is 13.3. The van der Waals surface area contributed by atoms with Gasteiger partial charge in [0.1, 0.15) is 11.6 Å². The van der Waals surface area contributed by atoms with Gasteiger partial charge in [-0.2, -0.15) is 0 Å². The van der Waals surface area contributed by atoms with Crippen LogP contribution in [0.25, 0.3) is 0 Å². The number of nitrogens with one attached hydrogen (secondary N) is 1. The van der Waals surface area contributed by atoms with Gasteiger partial charge in [0, 0.05) is 0 Å². The van der Waals surface area contributed by atoms with Gasteiger partial charge in [-0.05, 0) is 37.5 Å². The van der Waals surface area contributed by atoms with Crippen LogP contribution < -0.4 is 5.32 Å². The van der Waals surface area contributed by atoms with Gasteiger partial charge in [0.25, 0.3) is 0 Å². The third kappa shape index (κ3) is 5.53. The van der Waals surface area contributed by atoms with Crippen molar-refractivity contribution in [3.05, 3.63) is 108 Å². The van der Waals surface area contributed by atoms with Crippen molar-refractivity contribution in [1.82, 2.24) is 5.32 Å². The van der Waals surface area contributed by atoms with Gasteiger partial charge in [-0.15, -0.1) is 0 Å². The highest BCUT2D eigenvalue weighted by Gasteiger charge is 2.45. The van der Waals surface area contributed by atoms with Crippen molar-refractivity contribution >= 4 is 11.9 Å². The van der Waals surface area contributed by atoms with Crippen molar-refractivity contribution in [2.45, 2.75) is 44.1 Å². The third-order valence-electron chi connectivity index (χ3n) is 5.41. The summed E-state index contributed by atoms with van der Waals surface area (Å²) in [6.45, 7) is 5.18. The predicted octanol–water partition coefficient (Wildman–Crippen LogP) is 3.81. The van der Waals surface area contributed by atoms with Crippen LogP contribution in [0.15, 0.2) is 91.0 Å². The number of aliphatic hydroxyl groups excluding tert-OH is 1. The van der Waals surface area contributed by atoms with Gasteiger partial charge < -0.3 is 14.6 Å². The van der Waals surface area contributed by atoms with E-state index in [1.165, 1.54) is 0 Å². The summed E-state index contributed by atoms with van der Waals surface area (Å²) in [7, 11) is 1.16. The molecule has 0 aliphatic rings. The number of hydrogen-bond donors (Lipinski definition) is 2. The van der Waals surface area contributed by atoms with Gasteiger partial charge >= 0.3 is 11.9 Å². The summed E-state index contributed by atoms with van der Waals surface area (Å²) < 4.78 is 10.4. The van der Waals surface area contributed by atoms with Crippen molar-refractivity contribution in [3.8, 4) is 0 Å². The average molecular weight is 462 g/mol. The van der Waals surface area contributed by atoms with Gasteiger partial charge in [-0.1, -0.05) is 91.0 Å². The first kappa shape index (κ1) is 25.1. The molecule has 2 atom stereocenters. The molecule has 0 aromatic heterocycles. The highest BCUT2D eigenvalue weighted by molar-refractivity contribution is 5.86. The third-order valence-corrected chi connectivity index (χ3v) is 5.41. The van der Waals surface area contributed by atoms with E-state index in [0.29, 0.717) is 0 Å². The Labute approximate surface area is 200 Å². The molecule has 0 aliphatic carbocycles. The molecule has 3 rings (SSSR count). The molecular weight excluding hydrogens is 430 g/mol. The standard InChI is InChI=1S/C28H31NO5/c1-27(2,3)34-25(31)23(24(30)26(32)33-4)29-28(20-14-8-5-9-15-20,21-16-10-6-11-17-21)22-18-12-7-13-19-22/h5-19,23-24,29-30H,1-4H3/t23-,24?/m0/s1. The fourth-order valence-electron chi connectivity index (χ4n) is 3.94. The largest absolute Gasteiger partial charge is 0.467 e. The van der Waals surface area contributed by atoms with Crippen LogP contribution in [0.1, 0.15) is 37.5 Å². The topological polar surface area (TPSA) is 84.9 Å². The SMILES string of the molecule is COC(=O)C(O)[C@H](NC(c1ccccc1)(c1ccccc1)c1ccccc1)C(=O)OC(C)(C)C. The molecule has 0 fully saturated rings. The first-order valence-corrected chi connectivity index (χ1v) is 11.1. The minimum absolute atomic E-state index is 0.766. The molecule has 178 valence electrons. The van der Waals surface area contributed by atoms with Crippen LogP contribution in [0.5, 0.6) is 0 Å². The Morgan fingerprint density at radius 3 is 1.44 bits per heavy atom. The number of esters is 2. The smallest absolute Gasteiger partial charge is 0.336 e. The molecular formula is C28H31NO5. The van der Waals surface area contributed by atoms with Gasteiger partial charge in [-0.25, -0.2) is 4.79 Å². The van der Waals surface area contributed by atoms with Crippen LogP contribution in [0.2, 0.25) is 0 Å². The zero-order valence-corrected chi connectivity index (χ0v) is 19.9. The monoisotopic (exact) mass is 461 g/mol. The Hall–Kier alpha value is -3.48. The molecule has 0 aliphatic heterocycles. The summed E-state index contributed by atoms with van der Waals surface area (Å²) in [6.07, 6.45) is -1.80. The number of methoxy groups -OCH3 is 1. The Morgan fingerprint density at radius 2 is 1.12 bits per heavy atom. The van der Waals surface area contributed by atoms with Crippen molar-refractivity contribution in [1.29, 1.82) is 0 Å². The number of aliphatic hydroxyl groups is 1. The van der Waals surface area contributed by atoms with E-state index in [1.54, 1.807) is 20.8 Å². The highest BCUT2D eigenvalue weighted by atomic mass is 16.6. The lowest BCUT2D eigenvalue weighted by Gasteiger charge is -2.40. The summed E-state index contributed by atoms with van der Waals surface area (Å²) in [5.74, 6) is -1.70. The quantitative estimate of drug-likeness (QED) is 0.392. The number of hydrogen-bond acceptors (Lipinski definition) is 6. The second kappa shape index (κ2) is 10.6. The first-order valence-electron chi connectivity index (χ1n) is 11.1. The zero-order valence-electron chi connectivity index (χ0n) is 19.9. The lowest BCUT2D eigenvalue weighted by molar-refractivity contribution is -0.168. The van der Waals surface area contributed by atoms with Crippen LogP contribution in [0.3, 0.4) is 0 Å². The Kier molecular flexibility index (Phi) is 7.87. The molecule has 0 heterocycles. The molecule has 3 aromatic rings. The molecule has 2 N–H and O–H groups in total. The molecule has 0 radical (unpaired) electrons. The van der Waals surface area contributed by atoms with Gasteiger partial charge in [0.15, 0.2) is 6.10 Å². The van der Waals surface area contributed by atoms with E-state index in [2.05, 4.69) is 5.32 Å². The molecule has 0 amide bonds. The number of benzene rings is 3. The fourth-order valence-corrected chi connectivity index (χ4v) is 3.94. The van der Waals surface area contributed by atoms with Crippen molar-refractivity contribution in [3.63, 3.8) is 0 Å². The van der Waals surface area contributed by atoms with Gasteiger partial charge in [0.2, 0.25) is 0 Å². The predicted molar refractivity (Wildman–Crippen MR) is 130 cm³/mol. The van der Waals surface area contributed by atoms with Crippen LogP contribution >= 0.6 is 0 Å². The number of ether oxygens (including phenoxy) is 2. The number of carbonyl (C=O) groups excluding carboxylic acids is 2. The molecule has 6 nitrogen and oxygen atoms in total. The fraction of sp³-hybridized carbons (Fsp3) is 0.286. The van der Waals surface area contributed by atoms with E-state index >= 15 is 0 Å². The molecule has 6 heteroatoms. The van der Waals surface area contributed by atoms with Gasteiger partial charge in [-0.3, -0.25) is 10.1 Å². The summed E-state index contributed by atoms with van der Waals surface area (Å²) >= 11 is 0. The van der Waals surface area contributed by atoms with E-state index in [4.69, 9.17) is 9.47 Å². The Balaban J connectivity index is 2.27. The Bertz CT molecular complexity index is 981. The van der Waals surface area contributed by atoms with E-state index < -0.39 is 35.2 Å². The van der Waals surface area contributed by atoms with E-state index in [9.17, 15) is 14.7 Å². The second-order valence-electron chi connectivity index (χ2n) is 8.97. The minimum Gasteiger partial charge on any atom is -0.467 e. The highest BCUT2D eigenvalue weighted by Crippen LogP contribution is 2.37. The normalized spacial score (nSPS) is 13.6. The number of rotatable bonds is 8. The van der Waals surface area contributed by atoms with E-state index in [-0.39, 0.29) is 0 Å². The van der Waals surface area contributed by atoms with Crippen molar-refractivity contribution in [2.75, 3.05) is 7.11 Å². The molecule has 3 aromatic carbocycles. The van der Waals surface area contributed by atoms with Crippen LogP contribution in [0, 0.1) is 0 Å². The first-order chi connectivity index (χ1) is 16.2. The second-order valence-corrected chi connectivity index (χ2v) is 8.97. The number of carbonyl (C=O) groups is 2. The van der Waals surface area contributed by atoms with E-state index in [0.717, 1.165) is 23.8 Å². The zero-order chi connectivity index (χ0) is 24.8. The summed E-state index contributed by atoms with van der Waals surface area (Å²) in [4.78, 5) is 25.7. The molecule has 0 saturated carbocycles. The van der Waals surface area contributed by atoms with Crippen LogP contribution in [0.4, 0.5) is 0 Å². The lowest BCUT2D eigenvalue weighted by atomic mass is 9.76. The molecule has 0 bridgehead atoms. The van der Waals surface area contributed by atoms with Crippen LogP contribution in [-0.2, 0) is 24.6 Å². The molecule has 34 heavy (non-hydrogen) atoms. The molecule has 0 saturated heterocycles. The van der Waals surface area contributed by atoms with E-state index in [1.807, 2.05) is 91.0 Å². The minimum atomic E-state index is -1.80. The van der Waals surface area contributed by atoms with Crippen molar-refractivity contribution in [2.24, 2.45) is 0 Å². The summed E-state index contributed by atoms with van der Waals surface area (Å²) in [5.41, 5.74) is 0.524. The maximum atomic E-state index is 13.3. The maximum Gasteiger partial charge on any atom is 0.336 e. The Morgan fingerprint density at radius 1 is 0.735 bits per heavy atom. The average Bonchev–Trinajstić information content (AvgIpc) is 2.84. The molecule has 0 spiro atoms. The van der Waals surface area contributed by atoms with Crippen molar-refractivity contribution < 1.29 is 24.2 Å². The summed E-state index contributed by atoms with van der Waals surface area (Å²) in [6, 6.07) is 27.3. The van der Waals surface area contributed by atoms with Crippen LogP contribution in [-0.4, -0.2) is 41.9 Å².